The third-order valence-corrected chi connectivity index (χ3v) is 5.12. The molecule has 0 saturated carbocycles. The number of nitrogens with one attached hydrogen (secondary N) is 2. The van der Waals surface area contributed by atoms with E-state index in [2.05, 4.69) is 20.3 Å². The summed E-state index contributed by atoms with van der Waals surface area (Å²) in [5.41, 5.74) is 3.05. The molecule has 9 heteroatoms. The third-order valence-electron chi connectivity index (χ3n) is 5.12. The van der Waals surface area contributed by atoms with Crippen LogP contribution in [0.3, 0.4) is 0 Å². The Labute approximate surface area is 188 Å². The van der Waals surface area contributed by atoms with Gasteiger partial charge < -0.3 is 24.5 Å². The number of carbonyl (C=O) groups excluding carboxylic acids is 2. The Hall–Kier alpha value is -4.40. The molecular formula is C24H20N4O5. The molecule has 0 radical (unpaired) electrons. The minimum absolute atomic E-state index is 0.308. The molecule has 166 valence electrons. The van der Waals surface area contributed by atoms with E-state index in [-0.39, 0.29) is 0 Å². The number of H-pyrrole nitrogens is 1. The normalized spacial score (nSPS) is 13.4. The van der Waals surface area contributed by atoms with Gasteiger partial charge in [-0.2, -0.15) is 0 Å². The first kappa shape index (κ1) is 20.5. The Bertz CT molecular complexity index is 1340. The summed E-state index contributed by atoms with van der Waals surface area (Å²) in [6.45, 7) is 2.45. The van der Waals surface area contributed by atoms with E-state index in [1.54, 1.807) is 48.8 Å². The van der Waals surface area contributed by atoms with Crippen LogP contribution in [0.2, 0.25) is 0 Å². The van der Waals surface area contributed by atoms with Gasteiger partial charge in [-0.05, 0) is 49.4 Å². The maximum atomic E-state index is 12.6. The van der Waals surface area contributed by atoms with Gasteiger partial charge in [0.25, 0.3) is 5.91 Å². The topological polar surface area (TPSA) is 115 Å². The number of amides is 1. The van der Waals surface area contributed by atoms with Gasteiger partial charge >= 0.3 is 5.97 Å². The fraction of sp³-hybridized carbons (Fsp3) is 0.167. The van der Waals surface area contributed by atoms with Gasteiger partial charge in [0.15, 0.2) is 17.6 Å². The van der Waals surface area contributed by atoms with Crippen LogP contribution in [0.1, 0.15) is 17.3 Å². The highest BCUT2D eigenvalue weighted by molar-refractivity contribution is 5.98. The number of aromatic nitrogens is 3. The Morgan fingerprint density at radius 1 is 1.09 bits per heavy atom. The van der Waals surface area contributed by atoms with Gasteiger partial charge in [0.05, 0.1) is 16.6 Å². The Morgan fingerprint density at radius 3 is 2.76 bits per heavy atom. The van der Waals surface area contributed by atoms with Crippen molar-refractivity contribution in [1.29, 1.82) is 0 Å². The quantitative estimate of drug-likeness (QED) is 0.452. The second kappa shape index (κ2) is 8.62. The van der Waals surface area contributed by atoms with Crippen LogP contribution in [0.15, 0.2) is 60.9 Å². The van der Waals surface area contributed by atoms with E-state index in [1.165, 1.54) is 6.92 Å². The molecule has 1 unspecified atom stereocenters. The summed E-state index contributed by atoms with van der Waals surface area (Å²) in [5.74, 6) is 0.762. The van der Waals surface area contributed by atoms with Crippen molar-refractivity contribution in [2.75, 3.05) is 18.5 Å². The first-order valence-corrected chi connectivity index (χ1v) is 10.4. The van der Waals surface area contributed by atoms with E-state index < -0.39 is 18.0 Å². The van der Waals surface area contributed by atoms with Gasteiger partial charge in [0, 0.05) is 29.7 Å². The maximum Gasteiger partial charge on any atom is 0.338 e. The summed E-state index contributed by atoms with van der Waals surface area (Å²) in [4.78, 5) is 37.0. The monoisotopic (exact) mass is 444 g/mol. The predicted octanol–water partition coefficient (Wildman–Crippen LogP) is 3.58. The van der Waals surface area contributed by atoms with Gasteiger partial charge in [-0.3, -0.25) is 9.78 Å². The van der Waals surface area contributed by atoms with Crippen molar-refractivity contribution < 1.29 is 23.8 Å². The number of imidazole rings is 1. The average Bonchev–Trinajstić information content (AvgIpc) is 3.28. The number of benzene rings is 2. The summed E-state index contributed by atoms with van der Waals surface area (Å²) in [6.07, 6.45) is 2.38. The lowest BCUT2D eigenvalue weighted by atomic mass is 10.2. The average molecular weight is 444 g/mol. The summed E-state index contributed by atoms with van der Waals surface area (Å²) in [7, 11) is 0. The van der Waals surface area contributed by atoms with Crippen LogP contribution < -0.4 is 14.8 Å². The van der Waals surface area contributed by atoms with Crippen LogP contribution in [-0.4, -0.2) is 46.1 Å². The van der Waals surface area contributed by atoms with Crippen LogP contribution in [-0.2, 0) is 9.53 Å². The number of fused-ring (bicyclic) bond motifs is 2. The molecule has 0 fully saturated rings. The van der Waals surface area contributed by atoms with Crippen molar-refractivity contribution >= 4 is 28.6 Å². The standard InChI is InChI=1S/C24H20N4O5/c1-14(23(29)26-17-5-7-20-21(12-17)32-10-9-31-20)33-24(30)15-4-6-18-19(11-15)28-22(27-18)16-3-2-8-25-13-16/h2-8,11-14H,9-10H2,1H3,(H,26,29)(H,27,28). The second-order valence-corrected chi connectivity index (χ2v) is 7.45. The zero-order valence-electron chi connectivity index (χ0n) is 17.7. The van der Waals surface area contributed by atoms with E-state index in [1.807, 2.05) is 12.1 Å². The fourth-order valence-electron chi connectivity index (χ4n) is 3.42. The molecule has 1 aliphatic heterocycles. The predicted molar refractivity (Wildman–Crippen MR) is 120 cm³/mol. The number of hydrogen-bond acceptors (Lipinski definition) is 7. The Morgan fingerprint density at radius 2 is 1.94 bits per heavy atom. The van der Waals surface area contributed by atoms with Gasteiger partial charge in [0.1, 0.15) is 19.0 Å². The first-order valence-electron chi connectivity index (χ1n) is 10.4. The van der Waals surface area contributed by atoms with Gasteiger partial charge in [-0.15, -0.1) is 0 Å². The van der Waals surface area contributed by atoms with Gasteiger partial charge in [-0.1, -0.05) is 0 Å². The number of anilines is 1. The maximum absolute atomic E-state index is 12.6. The number of nitrogens with zero attached hydrogens (tertiary/aromatic N) is 2. The number of pyridine rings is 1. The van der Waals surface area contributed by atoms with E-state index in [0.29, 0.717) is 52.8 Å². The third kappa shape index (κ3) is 4.33. The molecule has 0 spiro atoms. The van der Waals surface area contributed by atoms with E-state index in [0.717, 1.165) is 5.56 Å². The lowest BCUT2D eigenvalue weighted by molar-refractivity contribution is -0.123. The molecule has 0 saturated heterocycles. The molecule has 4 aromatic rings. The van der Waals surface area contributed by atoms with E-state index in [4.69, 9.17) is 14.2 Å². The number of hydrogen-bond donors (Lipinski definition) is 2. The molecule has 1 atom stereocenters. The molecular weight excluding hydrogens is 424 g/mol. The zero-order chi connectivity index (χ0) is 22.8. The first-order chi connectivity index (χ1) is 16.1. The number of aromatic amines is 1. The second-order valence-electron chi connectivity index (χ2n) is 7.45. The largest absolute Gasteiger partial charge is 0.486 e. The molecule has 1 amide bonds. The van der Waals surface area contributed by atoms with Crippen LogP contribution >= 0.6 is 0 Å². The lowest BCUT2D eigenvalue weighted by Crippen LogP contribution is -2.30. The Balaban J connectivity index is 1.26. The van der Waals surface area contributed by atoms with Crippen LogP contribution in [0.5, 0.6) is 11.5 Å². The minimum Gasteiger partial charge on any atom is -0.486 e. The Kier molecular flexibility index (Phi) is 5.35. The highest BCUT2D eigenvalue weighted by Crippen LogP contribution is 2.32. The van der Waals surface area contributed by atoms with Crippen LogP contribution in [0.4, 0.5) is 5.69 Å². The summed E-state index contributed by atoms with van der Waals surface area (Å²) >= 11 is 0. The molecule has 3 heterocycles. The number of carbonyl (C=O) groups is 2. The minimum atomic E-state index is -1.01. The lowest BCUT2D eigenvalue weighted by Gasteiger charge is -2.19. The molecule has 2 N–H and O–H groups in total. The SMILES string of the molecule is CC(OC(=O)c1ccc2nc(-c3cccnc3)[nH]c2c1)C(=O)Nc1ccc2c(c1)OCCO2. The summed E-state index contributed by atoms with van der Waals surface area (Å²) in [5, 5.41) is 2.73. The highest BCUT2D eigenvalue weighted by atomic mass is 16.6. The van der Waals surface area contributed by atoms with Gasteiger partial charge in [0.2, 0.25) is 0 Å². The van der Waals surface area contributed by atoms with E-state index in [9.17, 15) is 9.59 Å². The molecule has 0 aliphatic carbocycles. The summed E-state index contributed by atoms with van der Waals surface area (Å²) in [6, 6.07) is 13.8. The van der Waals surface area contributed by atoms with Crippen LogP contribution in [0, 0.1) is 0 Å². The number of ether oxygens (including phenoxy) is 3. The smallest absolute Gasteiger partial charge is 0.338 e. The van der Waals surface area contributed by atoms with Crippen molar-refractivity contribution in [3.8, 4) is 22.9 Å². The summed E-state index contributed by atoms with van der Waals surface area (Å²) < 4.78 is 16.4. The molecule has 9 nitrogen and oxygen atoms in total. The van der Waals surface area contributed by atoms with Crippen molar-refractivity contribution in [2.24, 2.45) is 0 Å². The highest BCUT2D eigenvalue weighted by Gasteiger charge is 2.21. The molecule has 5 rings (SSSR count). The van der Waals surface area contributed by atoms with Crippen molar-refractivity contribution in [3.63, 3.8) is 0 Å². The molecule has 1 aliphatic rings. The van der Waals surface area contributed by atoms with Crippen LogP contribution in [0.25, 0.3) is 22.4 Å². The zero-order valence-corrected chi connectivity index (χ0v) is 17.7. The van der Waals surface area contributed by atoms with E-state index >= 15 is 0 Å². The number of esters is 1. The van der Waals surface area contributed by atoms with Gasteiger partial charge in [-0.25, -0.2) is 9.78 Å². The van der Waals surface area contributed by atoms with Crippen molar-refractivity contribution in [1.82, 2.24) is 15.0 Å². The molecule has 0 bridgehead atoms. The van der Waals surface area contributed by atoms with Crippen molar-refractivity contribution in [2.45, 2.75) is 13.0 Å². The molecule has 2 aromatic carbocycles. The molecule has 33 heavy (non-hydrogen) atoms. The molecule has 2 aromatic heterocycles. The van der Waals surface area contributed by atoms with Crippen molar-refractivity contribution in [3.05, 3.63) is 66.5 Å². The number of rotatable bonds is 5. The fourth-order valence-corrected chi connectivity index (χ4v) is 3.42.